The van der Waals surface area contributed by atoms with Gasteiger partial charge in [-0.1, -0.05) is 50.1 Å². The second-order valence-corrected chi connectivity index (χ2v) is 8.29. The summed E-state index contributed by atoms with van der Waals surface area (Å²) in [5.41, 5.74) is 1.61. The van der Waals surface area contributed by atoms with E-state index < -0.39 is 0 Å². The van der Waals surface area contributed by atoms with Gasteiger partial charge < -0.3 is 0 Å². The molecule has 2 saturated carbocycles. The summed E-state index contributed by atoms with van der Waals surface area (Å²) in [7, 11) is 0. The van der Waals surface area contributed by atoms with Crippen molar-refractivity contribution in [2.24, 2.45) is 23.7 Å². The lowest BCUT2D eigenvalue weighted by molar-refractivity contribution is 0.241. The second kappa shape index (κ2) is 11.3. The molecule has 0 saturated heterocycles. The van der Waals surface area contributed by atoms with Gasteiger partial charge in [0.2, 0.25) is 0 Å². The number of rotatable bonds is 8. The second-order valence-electron chi connectivity index (χ2n) is 8.29. The first-order valence-corrected chi connectivity index (χ1v) is 10.6. The molecule has 0 bridgehead atoms. The van der Waals surface area contributed by atoms with Crippen molar-refractivity contribution in [2.75, 3.05) is 0 Å². The Morgan fingerprint density at radius 1 is 0.920 bits per heavy atom. The van der Waals surface area contributed by atoms with E-state index in [-0.39, 0.29) is 0 Å². The molecule has 0 atom stereocenters. The zero-order valence-corrected chi connectivity index (χ0v) is 16.3. The van der Waals surface area contributed by atoms with Crippen LogP contribution in [0.1, 0.15) is 84.0 Å². The Morgan fingerprint density at radius 3 is 2.00 bits per heavy atom. The van der Waals surface area contributed by atoms with Crippen molar-refractivity contribution in [2.45, 2.75) is 84.0 Å². The maximum Gasteiger partial charge on any atom is 0.0912 e. The van der Waals surface area contributed by atoms with Gasteiger partial charge in [-0.05, 0) is 87.9 Å². The van der Waals surface area contributed by atoms with Crippen molar-refractivity contribution in [3.8, 4) is 6.07 Å². The fourth-order valence-electron chi connectivity index (χ4n) is 4.99. The van der Waals surface area contributed by atoms with Crippen LogP contribution in [0.2, 0.25) is 0 Å². The first-order chi connectivity index (χ1) is 12.2. The summed E-state index contributed by atoms with van der Waals surface area (Å²) in [6.45, 7) is 6.88. The SMILES string of the molecule is C=C([C@H]1CC[C@H](CCC)CC1)[C@H]1CC[C@H](CC/C=C/C=C/C#N)CC1. The average molecular weight is 340 g/mol. The van der Waals surface area contributed by atoms with E-state index in [0.717, 1.165) is 30.1 Å². The summed E-state index contributed by atoms with van der Waals surface area (Å²) in [4.78, 5) is 0. The van der Waals surface area contributed by atoms with Gasteiger partial charge in [-0.3, -0.25) is 0 Å². The molecule has 0 aromatic heterocycles. The van der Waals surface area contributed by atoms with Gasteiger partial charge in [-0.25, -0.2) is 0 Å². The zero-order valence-electron chi connectivity index (χ0n) is 16.3. The molecular formula is C24H37N. The lowest BCUT2D eigenvalue weighted by Crippen LogP contribution is -2.23. The number of nitriles is 1. The molecule has 0 aromatic rings. The highest BCUT2D eigenvalue weighted by molar-refractivity contribution is 5.11. The predicted octanol–water partition coefficient (Wildman–Crippen LogP) is 7.37. The highest BCUT2D eigenvalue weighted by atomic mass is 14.3. The molecule has 0 heterocycles. The van der Waals surface area contributed by atoms with E-state index in [1.165, 1.54) is 76.7 Å². The Kier molecular flexibility index (Phi) is 9.09. The van der Waals surface area contributed by atoms with E-state index in [0.29, 0.717) is 0 Å². The first-order valence-electron chi connectivity index (χ1n) is 10.6. The van der Waals surface area contributed by atoms with Gasteiger partial charge in [0.1, 0.15) is 0 Å². The van der Waals surface area contributed by atoms with Crippen LogP contribution in [0.4, 0.5) is 0 Å². The molecular weight excluding hydrogens is 302 g/mol. The van der Waals surface area contributed by atoms with E-state index in [1.54, 1.807) is 5.57 Å². The van der Waals surface area contributed by atoms with Crippen molar-refractivity contribution in [3.63, 3.8) is 0 Å². The molecule has 0 radical (unpaired) electrons. The minimum absolute atomic E-state index is 0.804. The average Bonchev–Trinajstić information content (AvgIpc) is 2.65. The Bertz CT molecular complexity index is 477. The monoisotopic (exact) mass is 339 g/mol. The highest BCUT2D eigenvalue weighted by Crippen LogP contribution is 2.42. The predicted molar refractivity (Wildman–Crippen MR) is 108 cm³/mol. The van der Waals surface area contributed by atoms with Crippen molar-refractivity contribution in [1.29, 1.82) is 5.26 Å². The van der Waals surface area contributed by atoms with Gasteiger partial charge in [-0.15, -0.1) is 0 Å². The van der Waals surface area contributed by atoms with Crippen LogP contribution in [-0.4, -0.2) is 0 Å². The minimum Gasteiger partial charge on any atom is -0.193 e. The van der Waals surface area contributed by atoms with E-state index in [9.17, 15) is 0 Å². The van der Waals surface area contributed by atoms with E-state index >= 15 is 0 Å². The summed E-state index contributed by atoms with van der Waals surface area (Å²) in [5, 5.41) is 8.45. The molecule has 138 valence electrons. The van der Waals surface area contributed by atoms with Crippen molar-refractivity contribution < 1.29 is 0 Å². The topological polar surface area (TPSA) is 23.8 Å². The largest absolute Gasteiger partial charge is 0.193 e. The smallest absolute Gasteiger partial charge is 0.0912 e. The fourth-order valence-corrected chi connectivity index (χ4v) is 4.99. The molecule has 2 aliphatic rings. The maximum absolute atomic E-state index is 8.45. The van der Waals surface area contributed by atoms with E-state index in [4.69, 9.17) is 5.26 Å². The summed E-state index contributed by atoms with van der Waals surface area (Å²) in [5.74, 6) is 3.53. The van der Waals surface area contributed by atoms with Gasteiger partial charge in [0.25, 0.3) is 0 Å². The third-order valence-electron chi connectivity index (χ3n) is 6.60. The third kappa shape index (κ3) is 6.85. The van der Waals surface area contributed by atoms with E-state index in [1.807, 2.05) is 18.2 Å². The molecule has 2 fully saturated rings. The summed E-state index contributed by atoms with van der Waals surface area (Å²) >= 11 is 0. The number of nitrogens with zero attached hydrogens (tertiary/aromatic N) is 1. The maximum atomic E-state index is 8.45. The highest BCUT2D eigenvalue weighted by Gasteiger charge is 2.29. The van der Waals surface area contributed by atoms with Gasteiger partial charge in [0.05, 0.1) is 6.07 Å². The fraction of sp³-hybridized carbons (Fsp3) is 0.708. The number of hydrogen-bond donors (Lipinski definition) is 0. The quantitative estimate of drug-likeness (QED) is 0.257. The summed E-state index contributed by atoms with van der Waals surface area (Å²) in [6.07, 6.45) is 24.0. The Balaban J connectivity index is 1.64. The third-order valence-corrected chi connectivity index (χ3v) is 6.60. The molecule has 0 amide bonds. The van der Waals surface area contributed by atoms with Gasteiger partial charge in [-0.2, -0.15) is 5.26 Å². The van der Waals surface area contributed by atoms with Crippen LogP contribution in [0.15, 0.2) is 36.5 Å². The Labute approximate surface area is 155 Å². The molecule has 0 spiro atoms. The summed E-state index contributed by atoms with van der Waals surface area (Å²) in [6, 6.07) is 2.02. The molecule has 1 heteroatoms. The molecule has 2 aliphatic carbocycles. The molecule has 2 rings (SSSR count). The molecule has 0 aliphatic heterocycles. The Hall–Kier alpha value is -1.29. The number of hydrogen-bond acceptors (Lipinski definition) is 1. The molecule has 0 aromatic carbocycles. The van der Waals surface area contributed by atoms with Crippen LogP contribution in [0, 0.1) is 35.0 Å². The van der Waals surface area contributed by atoms with Crippen LogP contribution < -0.4 is 0 Å². The minimum atomic E-state index is 0.804. The van der Waals surface area contributed by atoms with Crippen LogP contribution in [-0.2, 0) is 0 Å². The standard InChI is InChI=1S/C24H37N/c1-3-9-21-11-15-23(16-12-21)20(2)24-17-13-22(14-18-24)10-7-5-4-6-8-19-25/h4-6,8,21-24H,2-3,7,9-18H2,1H3/b5-4+,8-6+/t21-,22-,23-,24-. The molecule has 1 nitrogen and oxygen atoms in total. The lowest BCUT2D eigenvalue weighted by Gasteiger charge is -2.36. The van der Waals surface area contributed by atoms with Crippen LogP contribution >= 0.6 is 0 Å². The molecule has 0 N–H and O–H groups in total. The summed E-state index contributed by atoms with van der Waals surface area (Å²) < 4.78 is 0. The lowest BCUT2D eigenvalue weighted by atomic mass is 9.70. The zero-order chi connectivity index (χ0) is 17.9. The van der Waals surface area contributed by atoms with Gasteiger partial charge >= 0.3 is 0 Å². The van der Waals surface area contributed by atoms with E-state index in [2.05, 4.69) is 19.6 Å². The first kappa shape index (κ1) is 20.0. The van der Waals surface area contributed by atoms with Crippen LogP contribution in [0.25, 0.3) is 0 Å². The van der Waals surface area contributed by atoms with Gasteiger partial charge in [0.15, 0.2) is 0 Å². The van der Waals surface area contributed by atoms with Crippen molar-refractivity contribution in [1.82, 2.24) is 0 Å². The van der Waals surface area contributed by atoms with Crippen molar-refractivity contribution >= 4 is 0 Å². The van der Waals surface area contributed by atoms with Crippen LogP contribution in [0.3, 0.4) is 0 Å². The van der Waals surface area contributed by atoms with Gasteiger partial charge in [0, 0.05) is 6.08 Å². The normalized spacial score (nSPS) is 30.6. The van der Waals surface area contributed by atoms with Crippen LogP contribution in [0.5, 0.6) is 0 Å². The Morgan fingerprint density at radius 2 is 1.48 bits per heavy atom. The molecule has 25 heavy (non-hydrogen) atoms. The van der Waals surface area contributed by atoms with Crippen molar-refractivity contribution in [3.05, 3.63) is 36.5 Å². The number of allylic oxidation sites excluding steroid dienone is 5. The molecule has 0 unspecified atom stereocenters.